The summed E-state index contributed by atoms with van der Waals surface area (Å²) in [5.41, 5.74) is 0.0435. The van der Waals surface area contributed by atoms with E-state index < -0.39 is 10.9 Å². The van der Waals surface area contributed by atoms with Crippen LogP contribution in [0.4, 0.5) is 5.69 Å². The van der Waals surface area contributed by atoms with Crippen molar-refractivity contribution in [1.29, 1.82) is 0 Å². The van der Waals surface area contributed by atoms with Gasteiger partial charge in [0.15, 0.2) is 0 Å². The standard InChI is InChI=1S/C12H14BrNO4/c1-8(2)5-6-18-12(15)9-3-4-10(13)11(7-9)14(16)17/h3-4,7-8H,5-6H2,1-2H3. The number of rotatable bonds is 5. The number of nitro benzene ring substituents is 1. The predicted octanol–water partition coefficient (Wildman–Crippen LogP) is 3.56. The van der Waals surface area contributed by atoms with Crippen LogP contribution < -0.4 is 0 Å². The van der Waals surface area contributed by atoms with Crippen LogP contribution in [0, 0.1) is 16.0 Å². The zero-order valence-electron chi connectivity index (χ0n) is 10.2. The monoisotopic (exact) mass is 315 g/mol. The predicted molar refractivity (Wildman–Crippen MR) is 70.5 cm³/mol. The van der Waals surface area contributed by atoms with Crippen molar-refractivity contribution in [2.75, 3.05) is 6.61 Å². The number of hydrogen-bond acceptors (Lipinski definition) is 4. The van der Waals surface area contributed by atoms with Gasteiger partial charge in [-0.25, -0.2) is 4.79 Å². The summed E-state index contributed by atoms with van der Waals surface area (Å²) < 4.78 is 5.38. The van der Waals surface area contributed by atoms with E-state index in [-0.39, 0.29) is 11.3 Å². The van der Waals surface area contributed by atoms with Gasteiger partial charge in [-0.3, -0.25) is 10.1 Å². The van der Waals surface area contributed by atoms with Gasteiger partial charge in [0, 0.05) is 6.07 Å². The minimum absolute atomic E-state index is 0.145. The van der Waals surface area contributed by atoms with Gasteiger partial charge in [0.25, 0.3) is 5.69 Å². The van der Waals surface area contributed by atoms with Gasteiger partial charge in [-0.05, 0) is 40.4 Å². The number of carbonyl (C=O) groups is 1. The molecule has 5 nitrogen and oxygen atoms in total. The molecular formula is C12H14BrNO4. The molecule has 0 radical (unpaired) electrons. The van der Waals surface area contributed by atoms with Gasteiger partial charge in [0.1, 0.15) is 0 Å². The van der Waals surface area contributed by atoms with Gasteiger partial charge in [0.05, 0.1) is 21.6 Å². The highest BCUT2D eigenvalue weighted by Crippen LogP contribution is 2.25. The van der Waals surface area contributed by atoms with E-state index in [2.05, 4.69) is 15.9 Å². The van der Waals surface area contributed by atoms with Gasteiger partial charge >= 0.3 is 5.97 Å². The third-order valence-electron chi connectivity index (χ3n) is 2.31. The SMILES string of the molecule is CC(C)CCOC(=O)c1ccc(Br)c([N+](=O)[O-])c1. The number of carbonyl (C=O) groups excluding carboxylic acids is 1. The normalized spacial score (nSPS) is 10.4. The van der Waals surface area contributed by atoms with Crippen molar-refractivity contribution in [2.45, 2.75) is 20.3 Å². The van der Waals surface area contributed by atoms with Crippen LogP contribution in [-0.4, -0.2) is 17.5 Å². The first-order chi connectivity index (χ1) is 8.41. The lowest BCUT2D eigenvalue weighted by Crippen LogP contribution is -2.08. The number of esters is 1. The Morgan fingerprint density at radius 3 is 2.72 bits per heavy atom. The van der Waals surface area contributed by atoms with E-state index in [1.54, 1.807) is 0 Å². The van der Waals surface area contributed by atoms with Crippen molar-refractivity contribution >= 4 is 27.6 Å². The number of nitrogens with zero attached hydrogens (tertiary/aromatic N) is 1. The summed E-state index contributed by atoms with van der Waals surface area (Å²) in [4.78, 5) is 21.8. The van der Waals surface area contributed by atoms with Crippen LogP contribution in [0.25, 0.3) is 0 Å². The van der Waals surface area contributed by atoms with Crippen LogP contribution in [0.1, 0.15) is 30.6 Å². The van der Waals surface area contributed by atoms with Crippen LogP contribution >= 0.6 is 15.9 Å². The molecule has 0 unspecified atom stereocenters. The molecule has 1 rings (SSSR count). The van der Waals surface area contributed by atoms with E-state index >= 15 is 0 Å². The Morgan fingerprint density at radius 2 is 2.17 bits per heavy atom. The number of hydrogen-bond donors (Lipinski definition) is 0. The second-order valence-corrected chi connectivity index (χ2v) is 5.10. The molecule has 0 amide bonds. The molecule has 1 aromatic rings. The van der Waals surface area contributed by atoms with Crippen LogP contribution in [-0.2, 0) is 4.74 Å². The average molecular weight is 316 g/mol. The van der Waals surface area contributed by atoms with Crippen molar-refractivity contribution < 1.29 is 14.5 Å². The average Bonchev–Trinajstić information content (AvgIpc) is 2.28. The second-order valence-electron chi connectivity index (χ2n) is 4.24. The molecule has 0 N–H and O–H groups in total. The molecule has 1 aromatic carbocycles. The zero-order chi connectivity index (χ0) is 13.7. The van der Waals surface area contributed by atoms with Crippen molar-refractivity contribution in [3.05, 3.63) is 38.3 Å². The first-order valence-corrected chi connectivity index (χ1v) is 6.32. The van der Waals surface area contributed by atoms with E-state index in [1.165, 1.54) is 18.2 Å². The summed E-state index contributed by atoms with van der Waals surface area (Å²) in [5.74, 6) is -0.0942. The molecule has 0 aliphatic heterocycles. The lowest BCUT2D eigenvalue weighted by atomic mass is 10.1. The smallest absolute Gasteiger partial charge is 0.338 e. The summed E-state index contributed by atoms with van der Waals surface area (Å²) in [5, 5.41) is 10.7. The van der Waals surface area contributed by atoms with Crippen LogP contribution in [0.3, 0.4) is 0 Å². The molecule has 0 heterocycles. The summed E-state index contributed by atoms with van der Waals surface area (Å²) in [6, 6.07) is 4.17. The molecule has 6 heteroatoms. The molecular weight excluding hydrogens is 302 g/mol. The minimum atomic E-state index is -0.547. The maximum Gasteiger partial charge on any atom is 0.338 e. The fraction of sp³-hybridized carbons (Fsp3) is 0.417. The summed E-state index contributed by atoms with van der Waals surface area (Å²) >= 11 is 3.06. The molecule has 0 bridgehead atoms. The lowest BCUT2D eigenvalue weighted by Gasteiger charge is -2.06. The maximum atomic E-state index is 11.7. The largest absolute Gasteiger partial charge is 0.462 e. The van der Waals surface area contributed by atoms with Gasteiger partial charge in [-0.15, -0.1) is 0 Å². The number of ether oxygens (including phenoxy) is 1. The minimum Gasteiger partial charge on any atom is -0.462 e. The topological polar surface area (TPSA) is 69.4 Å². The van der Waals surface area contributed by atoms with Crippen LogP contribution in [0.15, 0.2) is 22.7 Å². The fourth-order valence-electron chi connectivity index (χ4n) is 1.25. The summed E-state index contributed by atoms with van der Waals surface area (Å²) in [7, 11) is 0. The summed E-state index contributed by atoms with van der Waals surface area (Å²) in [6.07, 6.45) is 0.768. The van der Waals surface area contributed by atoms with Crippen LogP contribution in [0.2, 0.25) is 0 Å². The molecule has 0 spiro atoms. The molecule has 0 saturated heterocycles. The third-order valence-corrected chi connectivity index (χ3v) is 2.98. The quantitative estimate of drug-likeness (QED) is 0.473. The highest BCUT2D eigenvalue weighted by molar-refractivity contribution is 9.10. The highest BCUT2D eigenvalue weighted by Gasteiger charge is 2.16. The Hall–Kier alpha value is -1.43. The molecule has 0 saturated carbocycles. The molecule has 98 valence electrons. The number of nitro groups is 1. The van der Waals surface area contributed by atoms with E-state index in [4.69, 9.17) is 4.74 Å². The van der Waals surface area contributed by atoms with Crippen molar-refractivity contribution in [1.82, 2.24) is 0 Å². The lowest BCUT2D eigenvalue weighted by molar-refractivity contribution is -0.385. The van der Waals surface area contributed by atoms with E-state index in [1.807, 2.05) is 13.8 Å². The molecule has 0 atom stereocenters. The fourth-order valence-corrected chi connectivity index (χ4v) is 1.64. The molecule has 18 heavy (non-hydrogen) atoms. The maximum absolute atomic E-state index is 11.7. The highest BCUT2D eigenvalue weighted by atomic mass is 79.9. The van der Waals surface area contributed by atoms with E-state index in [9.17, 15) is 14.9 Å². The number of halogens is 1. The van der Waals surface area contributed by atoms with Crippen molar-refractivity contribution in [3.63, 3.8) is 0 Å². The zero-order valence-corrected chi connectivity index (χ0v) is 11.8. The third kappa shape index (κ3) is 4.10. The van der Waals surface area contributed by atoms with Gasteiger partial charge in [-0.2, -0.15) is 0 Å². The van der Waals surface area contributed by atoms with Gasteiger partial charge in [-0.1, -0.05) is 13.8 Å². The second kappa shape index (κ2) is 6.49. The molecule has 0 aliphatic rings. The Balaban J connectivity index is 2.74. The molecule has 0 fully saturated rings. The Labute approximate surface area is 113 Å². The first-order valence-electron chi connectivity index (χ1n) is 5.53. The number of benzene rings is 1. The van der Waals surface area contributed by atoms with Crippen molar-refractivity contribution in [2.24, 2.45) is 5.92 Å². The Morgan fingerprint density at radius 1 is 1.50 bits per heavy atom. The van der Waals surface area contributed by atoms with Crippen molar-refractivity contribution in [3.8, 4) is 0 Å². The van der Waals surface area contributed by atoms with E-state index in [0.29, 0.717) is 17.0 Å². The molecule has 0 aromatic heterocycles. The Bertz CT molecular complexity index is 459. The molecule has 0 aliphatic carbocycles. The van der Waals surface area contributed by atoms with Gasteiger partial charge in [0.2, 0.25) is 0 Å². The van der Waals surface area contributed by atoms with Gasteiger partial charge < -0.3 is 4.74 Å². The van der Waals surface area contributed by atoms with E-state index in [0.717, 1.165) is 6.42 Å². The van der Waals surface area contributed by atoms with Crippen LogP contribution in [0.5, 0.6) is 0 Å². The first kappa shape index (κ1) is 14.6. The Kier molecular flexibility index (Phi) is 5.27. The summed E-state index contributed by atoms with van der Waals surface area (Å²) in [6.45, 7) is 4.37.